The van der Waals surface area contributed by atoms with Crippen LogP contribution in [-0.2, 0) is 6.37 Å². The molecule has 1 aromatic heterocycles. The Morgan fingerprint density at radius 3 is 3.36 bits per heavy atom. The van der Waals surface area contributed by atoms with Crippen molar-refractivity contribution in [1.82, 2.24) is 4.98 Å². The smallest absolute Gasteiger partial charge is 0.123 e. The molecule has 1 rings (SSSR count). The molecule has 60 valence electrons. The molecule has 0 amide bonds. The lowest BCUT2D eigenvalue weighted by atomic mass is 10.0. The quantitative estimate of drug-likeness (QED) is 0.715. The van der Waals surface area contributed by atoms with Crippen LogP contribution < -0.4 is 5.73 Å². The topological polar surface area (TPSA) is 38.9 Å². The van der Waals surface area contributed by atoms with Gasteiger partial charge < -0.3 is 5.73 Å². The zero-order chi connectivity index (χ0) is 16.0. The van der Waals surface area contributed by atoms with Crippen LogP contribution in [0.4, 0.5) is 5.82 Å². The number of nitrogen functional groups attached to an aromatic ring is 1. The maximum Gasteiger partial charge on any atom is 0.123 e. The first-order valence-corrected chi connectivity index (χ1v) is 2.97. The van der Waals surface area contributed by atoms with Gasteiger partial charge in [-0.15, -0.1) is 0 Å². The first-order chi connectivity index (χ1) is 8.75. The molecule has 0 unspecified atom stereocenters. The number of rotatable bonds is 2. The van der Waals surface area contributed by atoms with Crippen LogP contribution in [0.3, 0.4) is 0 Å². The number of anilines is 1. The molecule has 1 aromatic rings. The molecule has 2 N–H and O–H groups in total. The number of nitrogens with two attached hydrogens (primary N) is 1. The van der Waals surface area contributed by atoms with Crippen LogP contribution in [0.25, 0.3) is 0 Å². The Bertz CT molecular complexity index is 477. The van der Waals surface area contributed by atoms with E-state index < -0.39 is 26.0 Å². The van der Waals surface area contributed by atoms with Crippen LogP contribution in [-0.4, -0.2) is 4.98 Å². The summed E-state index contributed by atoms with van der Waals surface area (Å²) >= 11 is 0. The average Bonchev–Trinajstić information content (AvgIpc) is 2.24. The Kier molecular flexibility index (Phi) is 0.681. The van der Waals surface area contributed by atoms with Gasteiger partial charge in [-0.3, -0.25) is 0 Å². The monoisotopic (exact) mass is 159 g/mol. The lowest BCUT2D eigenvalue weighted by molar-refractivity contribution is 0.647. The van der Waals surface area contributed by atoms with Gasteiger partial charge in [-0.1, -0.05) is 13.7 Å². The van der Waals surface area contributed by atoms with Crippen molar-refractivity contribution in [3.05, 3.63) is 23.9 Å². The number of pyridine rings is 1. The van der Waals surface area contributed by atoms with E-state index in [2.05, 4.69) is 4.98 Å². The molecule has 0 aliphatic carbocycles. The van der Waals surface area contributed by atoms with Crippen LogP contribution >= 0.6 is 0 Å². The number of nitrogens with zero attached hydrogens (tertiary/aromatic N) is 1. The van der Waals surface area contributed by atoms with Crippen molar-refractivity contribution in [2.75, 3.05) is 5.73 Å². The summed E-state index contributed by atoms with van der Waals surface area (Å²) in [5.41, 5.74) is 5.08. The minimum absolute atomic E-state index is 0.0928. The van der Waals surface area contributed by atoms with Crippen LogP contribution in [0, 0.1) is 5.89 Å². The zero-order valence-corrected chi connectivity index (χ0v) is 5.76. The molecule has 0 spiro atoms. The standard InChI is InChI=1S/C9H14N2/c1-7(2)5-8-3-4-11-9(10)6-8/h3-4,6-7H,5H2,1-2H3,(H2,10,11)/i1D3,2D3,5D2,7D. The number of aromatic nitrogens is 1. The predicted molar refractivity (Wildman–Crippen MR) is 47.2 cm³/mol. The Labute approximate surface area is 80.1 Å². The van der Waals surface area contributed by atoms with E-state index in [9.17, 15) is 0 Å². The zero-order valence-electron chi connectivity index (χ0n) is 14.8. The second kappa shape index (κ2) is 3.37. The lowest BCUT2D eigenvalue weighted by Crippen LogP contribution is -1.96. The summed E-state index contributed by atoms with van der Waals surface area (Å²) in [6.07, 6.45) is -1.84. The molecule has 1 heterocycles. The molecular formula is C9H14N2. The van der Waals surface area contributed by atoms with Gasteiger partial charge in [0.25, 0.3) is 0 Å². The van der Waals surface area contributed by atoms with E-state index in [0.29, 0.717) is 0 Å². The molecule has 0 saturated heterocycles. The van der Waals surface area contributed by atoms with Crippen LogP contribution in [0.1, 0.15) is 31.6 Å². The van der Waals surface area contributed by atoms with Gasteiger partial charge in [-0.25, -0.2) is 4.98 Å². The van der Waals surface area contributed by atoms with E-state index >= 15 is 0 Å². The van der Waals surface area contributed by atoms with Gasteiger partial charge in [0.1, 0.15) is 5.82 Å². The summed E-state index contributed by atoms with van der Waals surface area (Å²) in [4.78, 5) is 3.63. The molecule has 11 heavy (non-hydrogen) atoms. The Morgan fingerprint density at radius 2 is 2.73 bits per heavy atom. The highest BCUT2D eigenvalue weighted by molar-refractivity contribution is 5.31. The lowest BCUT2D eigenvalue weighted by Gasteiger charge is -2.03. The minimum atomic E-state index is -3.36. The Morgan fingerprint density at radius 1 is 1.91 bits per heavy atom. The normalized spacial score (nSPS) is 27.1. The third kappa shape index (κ3) is 2.58. The van der Waals surface area contributed by atoms with Gasteiger partial charge in [0.2, 0.25) is 0 Å². The summed E-state index contributed by atoms with van der Waals surface area (Å²) in [5.74, 6) is -3.43. The molecule has 0 radical (unpaired) electrons. The van der Waals surface area contributed by atoms with Crippen molar-refractivity contribution in [3.63, 3.8) is 0 Å². The van der Waals surface area contributed by atoms with Crippen LogP contribution in [0.5, 0.6) is 0 Å². The molecule has 0 atom stereocenters. The van der Waals surface area contributed by atoms with Crippen molar-refractivity contribution in [1.29, 1.82) is 0 Å². The maximum absolute atomic E-state index is 7.90. The van der Waals surface area contributed by atoms with Crippen LogP contribution in [0.15, 0.2) is 18.3 Å². The number of hydrogen-bond acceptors (Lipinski definition) is 2. The van der Waals surface area contributed by atoms with Crippen molar-refractivity contribution in [3.8, 4) is 0 Å². The maximum atomic E-state index is 7.90. The second-order valence-corrected chi connectivity index (χ2v) is 1.97. The SMILES string of the molecule is [2H]C([2H])([2H])C([2H])(C([2H])([2H])[2H])C([2H])([2H])c1ccnc(N)c1. The minimum Gasteiger partial charge on any atom is -0.384 e. The fraction of sp³-hybridized carbons (Fsp3) is 0.444. The van der Waals surface area contributed by atoms with Crippen LogP contribution in [0.2, 0.25) is 0 Å². The summed E-state index contributed by atoms with van der Waals surface area (Å²) < 4.78 is 67.5. The van der Waals surface area contributed by atoms with Gasteiger partial charge >= 0.3 is 0 Å². The highest BCUT2D eigenvalue weighted by atomic mass is 14.8. The summed E-state index contributed by atoms with van der Waals surface area (Å²) in [6, 6.07) is 2.14. The van der Waals surface area contributed by atoms with Gasteiger partial charge in [-0.05, 0) is 30.0 Å². The fourth-order valence-corrected chi connectivity index (χ4v) is 0.670. The van der Waals surface area contributed by atoms with Crippen molar-refractivity contribution in [2.45, 2.75) is 20.1 Å². The van der Waals surface area contributed by atoms with E-state index in [-0.39, 0.29) is 11.4 Å². The van der Waals surface area contributed by atoms with E-state index in [4.69, 9.17) is 18.1 Å². The average molecular weight is 159 g/mol. The van der Waals surface area contributed by atoms with Crippen molar-refractivity contribution in [2.24, 2.45) is 5.89 Å². The van der Waals surface area contributed by atoms with Gasteiger partial charge in [0.05, 0.1) is 0 Å². The molecule has 2 heteroatoms. The molecule has 0 bridgehead atoms. The van der Waals surface area contributed by atoms with Crippen molar-refractivity contribution < 1.29 is 12.3 Å². The number of hydrogen-bond donors (Lipinski definition) is 1. The fourth-order valence-electron chi connectivity index (χ4n) is 0.670. The summed E-state index contributed by atoms with van der Waals surface area (Å²) in [7, 11) is 0. The molecule has 2 nitrogen and oxygen atoms in total. The first-order valence-electron chi connectivity index (χ1n) is 7.47. The van der Waals surface area contributed by atoms with E-state index in [0.717, 1.165) is 18.3 Å². The molecule has 0 fully saturated rings. The molecule has 0 aliphatic rings. The third-order valence-electron chi connectivity index (χ3n) is 1.05. The van der Waals surface area contributed by atoms with E-state index in [1.165, 1.54) is 0 Å². The molecule has 0 saturated carbocycles. The molecule has 0 aromatic carbocycles. The first kappa shape index (κ1) is 2.22. The van der Waals surface area contributed by atoms with Gasteiger partial charge in [0.15, 0.2) is 0 Å². The molecule has 0 aliphatic heterocycles. The van der Waals surface area contributed by atoms with E-state index in [1.807, 2.05) is 0 Å². The highest BCUT2D eigenvalue weighted by Gasteiger charge is 1.97. The van der Waals surface area contributed by atoms with Crippen molar-refractivity contribution >= 4 is 5.82 Å². The van der Waals surface area contributed by atoms with Gasteiger partial charge in [-0.2, -0.15) is 0 Å². The highest BCUT2D eigenvalue weighted by Crippen LogP contribution is 2.08. The largest absolute Gasteiger partial charge is 0.384 e. The third-order valence-corrected chi connectivity index (χ3v) is 1.05. The van der Waals surface area contributed by atoms with E-state index in [1.54, 1.807) is 0 Å². The summed E-state index contributed by atoms with van der Waals surface area (Å²) in [6.45, 7) is -6.72. The Balaban J connectivity index is 3.56. The Hall–Kier alpha value is -1.05. The predicted octanol–water partition coefficient (Wildman–Crippen LogP) is 1.86. The van der Waals surface area contributed by atoms with Gasteiger partial charge in [0, 0.05) is 18.5 Å². The summed E-state index contributed by atoms with van der Waals surface area (Å²) in [5, 5.41) is 0. The second-order valence-electron chi connectivity index (χ2n) is 1.97. The molecular weight excluding hydrogens is 136 g/mol.